The van der Waals surface area contributed by atoms with E-state index < -0.39 is 0 Å². The minimum Gasteiger partial charge on any atom is -0.486 e. The van der Waals surface area contributed by atoms with Crippen LogP contribution >= 0.6 is 11.3 Å². The number of hydrazone groups is 1. The minimum atomic E-state index is -0.160. The summed E-state index contributed by atoms with van der Waals surface area (Å²) < 4.78 is 11.0. The molecule has 1 N–H and O–H groups in total. The van der Waals surface area contributed by atoms with Crippen molar-refractivity contribution in [3.05, 3.63) is 46.2 Å². The number of rotatable bonds is 4. The lowest BCUT2D eigenvalue weighted by molar-refractivity contribution is -0.120. The van der Waals surface area contributed by atoms with Crippen molar-refractivity contribution >= 4 is 23.0 Å². The van der Waals surface area contributed by atoms with E-state index >= 15 is 0 Å². The zero-order chi connectivity index (χ0) is 15.4. The van der Waals surface area contributed by atoms with Crippen molar-refractivity contribution in [1.82, 2.24) is 5.43 Å². The van der Waals surface area contributed by atoms with Gasteiger partial charge in [-0.25, -0.2) is 5.43 Å². The highest BCUT2D eigenvalue weighted by atomic mass is 32.1. The van der Waals surface area contributed by atoms with Gasteiger partial charge in [-0.1, -0.05) is 12.1 Å². The summed E-state index contributed by atoms with van der Waals surface area (Å²) in [5.74, 6) is 1.25. The fraction of sp³-hybridized carbons (Fsp3) is 0.250. The maximum atomic E-state index is 12.0. The maximum absolute atomic E-state index is 12.0. The largest absolute Gasteiger partial charge is 0.486 e. The molecule has 1 aliphatic rings. The highest BCUT2D eigenvalue weighted by Crippen LogP contribution is 2.30. The third-order valence-corrected chi connectivity index (χ3v) is 4.18. The van der Waals surface area contributed by atoms with E-state index in [1.807, 2.05) is 42.6 Å². The van der Waals surface area contributed by atoms with Gasteiger partial charge in [-0.2, -0.15) is 5.10 Å². The number of carbonyl (C=O) groups is 1. The van der Waals surface area contributed by atoms with Crippen LogP contribution in [0, 0.1) is 0 Å². The van der Waals surface area contributed by atoms with Gasteiger partial charge < -0.3 is 9.47 Å². The molecule has 0 spiro atoms. The number of benzene rings is 1. The first kappa shape index (κ1) is 14.6. The molecule has 0 saturated heterocycles. The van der Waals surface area contributed by atoms with E-state index in [2.05, 4.69) is 10.5 Å². The molecule has 0 saturated carbocycles. The lowest BCUT2D eigenvalue weighted by atomic mass is 10.1. The molecule has 0 fully saturated rings. The predicted octanol–water partition coefficient (Wildman–Crippen LogP) is 2.60. The number of hydrogen-bond donors (Lipinski definition) is 1. The number of nitrogens with zero attached hydrogens (tertiary/aromatic N) is 1. The summed E-state index contributed by atoms with van der Waals surface area (Å²) in [7, 11) is 0. The van der Waals surface area contributed by atoms with Gasteiger partial charge >= 0.3 is 0 Å². The molecule has 5 nitrogen and oxygen atoms in total. The van der Waals surface area contributed by atoms with Crippen LogP contribution in [0.3, 0.4) is 0 Å². The SMILES string of the molecule is C/C(=N/NC(=O)Cc1ccc2c(c1)OCCO2)c1cccs1. The molecule has 1 amide bonds. The topological polar surface area (TPSA) is 59.9 Å². The molecule has 2 aromatic rings. The fourth-order valence-electron chi connectivity index (χ4n) is 2.11. The van der Waals surface area contributed by atoms with Gasteiger partial charge in [0.25, 0.3) is 0 Å². The second-order valence-electron chi connectivity index (χ2n) is 4.86. The number of ether oxygens (including phenoxy) is 2. The van der Waals surface area contributed by atoms with Crippen molar-refractivity contribution < 1.29 is 14.3 Å². The van der Waals surface area contributed by atoms with Crippen LogP contribution in [0.25, 0.3) is 0 Å². The van der Waals surface area contributed by atoms with Gasteiger partial charge in [0.1, 0.15) is 13.2 Å². The Kier molecular flexibility index (Phi) is 4.39. The summed E-state index contributed by atoms with van der Waals surface area (Å²) in [6, 6.07) is 9.45. The molecule has 0 aliphatic carbocycles. The smallest absolute Gasteiger partial charge is 0.244 e. The lowest BCUT2D eigenvalue weighted by Gasteiger charge is -2.18. The van der Waals surface area contributed by atoms with Crippen LogP contribution in [-0.2, 0) is 11.2 Å². The van der Waals surface area contributed by atoms with Gasteiger partial charge in [0.15, 0.2) is 11.5 Å². The first-order chi connectivity index (χ1) is 10.7. The second kappa shape index (κ2) is 6.62. The quantitative estimate of drug-likeness (QED) is 0.697. The summed E-state index contributed by atoms with van der Waals surface area (Å²) in [5, 5.41) is 6.10. The Balaban J connectivity index is 1.61. The number of fused-ring (bicyclic) bond motifs is 1. The maximum Gasteiger partial charge on any atom is 0.244 e. The molecule has 1 aromatic heterocycles. The Bertz CT molecular complexity index is 695. The molecule has 3 rings (SSSR count). The van der Waals surface area contributed by atoms with Gasteiger partial charge in [0.05, 0.1) is 12.1 Å². The van der Waals surface area contributed by atoms with Crippen molar-refractivity contribution in [1.29, 1.82) is 0 Å². The number of amides is 1. The zero-order valence-corrected chi connectivity index (χ0v) is 13.0. The molecule has 0 bridgehead atoms. The van der Waals surface area contributed by atoms with Crippen molar-refractivity contribution in [3.8, 4) is 11.5 Å². The van der Waals surface area contributed by atoms with Crippen LogP contribution in [0.4, 0.5) is 0 Å². The highest BCUT2D eigenvalue weighted by Gasteiger charge is 2.13. The van der Waals surface area contributed by atoms with E-state index in [4.69, 9.17) is 9.47 Å². The Labute approximate surface area is 132 Å². The summed E-state index contributed by atoms with van der Waals surface area (Å²) in [6.07, 6.45) is 0.248. The molecular formula is C16H16N2O3S. The molecule has 2 heterocycles. The average molecular weight is 316 g/mol. The van der Waals surface area contributed by atoms with Crippen molar-refractivity contribution in [2.45, 2.75) is 13.3 Å². The Morgan fingerprint density at radius 2 is 2.09 bits per heavy atom. The number of thiophene rings is 1. The fourth-order valence-corrected chi connectivity index (χ4v) is 2.79. The molecule has 114 valence electrons. The van der Waals surface area contributed by atoms with E-state index in [0.29, 0.717) is 19.0 Å². The molecule has 0 atom stereocenters. The van der Waals surface area contributed by atoms with Crippen molar-refractivity contribution in [2.75, 3.05) is 13.2 Å². The molecular weight excluding hydrogens is 300 g/mol. The normalized spacial score (nSPS) is 13.8. The van der Waals surface area contributed by atoms with Crippen LogP contribution in [0.15, 0.2) is 40.8 Å². The van der Waals surface area contributed by atoms with Gasteiger partial charge in [-0.05, 0) is 36.1 Å². The monoisotopic (exact) mass is 316 g/mol. The van der Waals surface area contributed by atoms with Gasteiger partial charge in [0, 0.05) is 4.88 Å². The summed E-state index contributed by atoms with van der Waals surface area (Å²) in [6.45, 7) is 2.96. The third kappa shape index (κ3) is 3.46. The zero-order valence-electron chi connectivity index (χ0n) is 12.2. The molecule has 1 aliphatic heterocycles. The Morgan fingerprint density at radius 3 is 2.86 bits per heavy atom. The first-order valence-electron chi connectivity index (χ1n) is 6.98. The summed E-state index contributed by atoms with van der Waals surface area (Å²) >= 11 is 1.59. The average Bonchev–Trinajstić information content (AvgIpc) is 3.07. The second-order valence-corrected chi connectivity index (χ2v) is 5.81. The van der Waals surface area contributed by atoms with Crippen LogP contribution in [-0.4, -0.2) is 24.8 Å². The number of hydrogen-bond acceptors (Lipinski definition) is 5. The summed E-state index contributed by atoms with van der Waals surface area (Å²) in [5.41, 5.74) is 4.25. The van der Waals surface area contributed by atoms with Gasteiger partial charge in [0.2, 0.25) is 5.91 Å². The van der Waals surface area contributed by atoms with Gasteiger partial charge in [-0.15, -0.1) is 11.3 Å². The standard InChI is InChI=1S/C16H16N2O3S/c1-11(15-3-2-8-22-15)17-18-16(19)10-12-4-5-13-14(9-12)21-7-6-20-13/h2-5,8-9H,6-7,10H2,1H3,(H,18,19)/b17-11-. The van der Waals surface area contributed by atoms with Crippen LogP contribution in [0.5, 0.6) is 11.5 Å². The molecule has 22 heavy (non-hydrogen) atoms. The van der Waals surface area contributed by atoms with Crippen molar-refractivity contribution in [3.63, 3.8) is 0 Å². The van der Waals surface area contributed by atoms with E-state index in [-0.39, 0.29) is 12.3 Å². The highest BCUT2D eigenvalue weighted by molar-refractivity contribution is 7.12. The molecule has 1 aromatic carbocycles. The third-order valence-electron chi connectivity index (χ3n) is 3.20. The Hall–Kier alpha value is -2.34. The van der Waals surface area contributed by atoms with E-state index in [1.54, 1.807) is 11.3 Å². The molecule has 0 radical (unpaired) electrons. The number of carbonyl (C=O) groups excluding carboxylic acids is 1. The van der Waals surface area contributed by atoms with E-state index in [0.717, 1.165) is 21.9 Å². The van der Waals surface area contributed by atoms with Crippen LogP contribution in [0.2, 0.25) is 0 Å². The lowest BCUT2D eigenvalue weighted by Crippen LogP contribution is -2.21. The number of nitrogens with one attached hydrogen (secondary N) is 1. The van der Waals surface area contributed by atoms with Crippen molar-refractivity contribution in [2.24, 2.45) is 5.10 Å². The Morgan fingerprint density at radius 1 is 1.27 bits per heavy atom. The van der Waals surface area contributed by atoms with Crippen LogP contribution < -0.4 is 14.9 Å². The minimum absolute atomic E-state index is 0.160. The van der Waals surface area contributed by atoms with Gasteiger partial charge in [-0.3, -0.25) is 4.79 Å². The van der Waals surface area contributed by atoms with E-state index in [9.17, 15) is 4.79 Å². The first-order valence-corrected chi connectivity index (χ1v) is 7.86. The predicted molar refractivity (Wildman–Crippen MR) is 85.8 cm³/mol. The van der Waals surface area contributed by atoms with E-state index in [1.165, 1.54) is 0 Å². The molecule has 0 unspecified atom stereocenters. The summed E-state index contributed by atoms with van der Waals surface area (Å²) in [4.78, 5) is 13.0. The van der Waals surface area contributed by atoms with Crippen LogP contribution in [0.1, 0.15) is 17.4 Å². The molecule has 6 heteroatoms.